The van der Waals surface area contributed by atoms with E-state index in [4.69, 9.17) is 0 Å². The summed E-state index contributed by atoms with van der Waals surface area (Å²) in [5, 5.41) is 15.1. The first-order chi connectivity index (χ1) is 15.5. The van der Waals surface area contributed by atoms with Crippen LogP contribution in [0.25, 0.3) is 16.4 Å². The zero-order valence-electron chi connectivity index (χ0n) is 17.8. The minimum absolute atomic E-state index is 0.0425. The molecule has 4 aromatic rings. The van der Waals surface area contributed by atoms with Crippen LogP contribution in [0.3, 0.4) is 0 Å². The number of aromatic hydroxyl groups is 1. The van der Waals surface area contributed by atoms with Crippen molar-refractivity contribution in [3.05, 3.63) is 77.7 Å². The Labute approximate surface area is 185 Å². The van der Waals surface area contributed by atoms with Crippen LogP contribution in [0.4, 0.5) is 0 Å². The number of benzene rings is 2. The number of carbonyl (C=O) groups is 2. The number of nitrogens with zero attached hydrogens (tertiary/aromatic N) is 3. The molecular formula is C25H24N4O3. The van der Waals surface area contributed by atoms with E-state index >= 15 is 0 Å². The Morgan fingerprint density at radius 2 is 2.03 bits per heavy atom. The molecule has 3 heterocycles. The van der Waals surface area contributed by atoms with Gasteiger partial charge in [-0.1, -0.05) is 30.3 Å². The minimum Gasteiger partial charge on any atom is -0.506 e. The van der Waals surface area contributed by atoms with Gasteiger partial charge in [-0.15, -0.1) is 0 Å². The van der Waals surface area contributed by atoms with Crippen LogP contribution in [0.1, 0.15) is 34.5 Å². The van der Waals surface area contributed by atoms with Gasteiger partial charge in [0.1, 0.15) is 17.4 Å². The number of hydrogen-bond acceptors (Lipinski definition) is 4. The summed E-state index contributed by atoms with van der Waals surface area (Å²) in [6.07, 6.45) is 5.16. The lowest BCUT2D eigenvalue weighted by Gasteiger charge is -2.24. The molecule has 7 nitrogen and oxygen atoms in total. The fraction of sp³-hybridized carbons (Fsp3) is 0.240. The zero-order chi connectivity index (χ0) is 22.2. The van der Waals surface area contributed by atoms with Crippen LogP contribution < -0.4 is 5.32 Å². The number of phenols is 1. The maximum atomic E-state index is 13.2. The fourth-order valence-corrected chi connectivity index (χ4v) is 4.38. The Bertz CT molecular complexity index is 1340. The number of carbonyl (C=O) groups excluding carboxylic acids is 2. The monoisotopic (exact) mass is 428 g/mol. The smallest absolute Gasteiger partial charge is 0.258 e. The van der Waals surface area contributed by atoms with Crippen molar-refractivity contribution in [2.75, 3.05) is 6.54 Å². The molecule has 1 atom stereocenters. The average molecular weight is 428 g/mol. The number of amides is 2. The average Bonchev–Trinajstić information content (AvgIpc) is 3.44. The van der Waals surface area contributed by atoms with Gasteiger partial charge in [0.05, 0.1) is 17.8 Å². The Morgan fingerprint density at radius 1 is 1.19 bits per heavy atom. The van der Waals surface area contributed by atoms with E-state index in [1.165, 1.54) is 0 Å². The topological polar surface area (TPSA) is 86.9 Å². The van der Waals surface area contributed by atoms with Gasteiger partial charge < -0.3 is 19.7 Å². The van der Waals surface area contributed by atoms with E-state index in [-0.39, 0.29) is 23.1 Å². The highest BCUT2D eigenvalue weighted by molar-refractivity contribution is 6.05. The number of phenolic OH excluding ortho intramolecular Hbond substituents is 1. The van der Waals surface area contributed by atoms with E-state index in [2.05, 4.69) is 10.3 Å². The molecule has 0 aliphatic carbocycles. The molecule has 2 aromatic carbocycles. The first-order valence-electron chi connectivity index (χ1n) is 10.7. The second-order valence-corrected chi connectivity index (χ2v) is 8.26. The highest BCUT2D eigenvalue weighted by Gasteiger charge is 2.35. The van der Waals surface area contributed by atoms with Crippen molar-refractivity contribution in [3.63, 3.8) is 0 Å². The molecule has 2 aromatic heterocycles. The molecule has 1 aliphatic rings. The molecule has 1 fully saturated rings. The van der Waals surface area contributed by atoms with E-state index in [0.717, 1.165) is 28.7 Å². The number of aryl methyl sites for hydroxylation is 1. The number of fused-ring (bicyclic) bond motifs is 2. The SMILES string of the molecule is Cc1ccn2cc(CNC(=O)C3CCCN3C(=O)c3ccc4ccccc4c3O)nc2c1. The molecule has 0 radical (unpaired) electrons. The second kappa shape index (κ2) is 8.00. The van der Waals surface area contributed by atoms with Crippen molar-refractivity contribution >= 4 is 28.2 Å². The maximum absolute atomic E-state index is 13.2. The van der Waals surface area contributed by atoms with Crippen molar-refractivity contribution in [1.29, 1.82) is 0 Å². The third-order valence-electron chi connectivity index (χ3n) is 6.06. The highest BCUT2D eigenvalue weighted by Crippen LogP contribution is 2.31. The summed E-state index contributed by atoms with van der Waals surface area (Å²) in [6.45, 7) is 2.78. The van der Waals surface area contributed by atoms with Crippen LogP contribution in [0, 0.1) is 6.92 Å². The molecule has 162 valence electrons. The standard InChI is InChI=1S/C25H24N4O3/c1-16-10-12-28-15-18(27-22(28)13-16)14-26-24(31)21-7-4-11-29(21)25(32)20-9-8-17-5-2-3-6-19(17)23(20)30/h2-3,5-6,8-10,12-13,15,21,30H,4,7,11,14H2,1H3,(H,26,31). The molecule has 1 saturated heterocycles. The van der Waals surface area contributed by atoms with Crippen molar-refractivity contribution < 1.29 is 14.7 Å². The Balaban J connectivity index is 1.32. The molecule has 32 heavy (non-hydrogen) atoms. The van der Waals surface area contributed by atoms with Crippen LogP contribution in [-0.2, 0) is 11.3 Å². The molecule has 1 unspecified atom stereocenters. The largest absolute Gasteiger partial charge is 0.506 e. The highest BCUT2D eigenvalue weighted by atomic mass is 16.3. The first-order valence-corrected chi connectivity index (χ1v) is 10.7. The number of pyridine rings is 1. The molecule has 7 heteroatoms. The quantitative estimate of drug-likeness (QED) is 0.521. The van der Waals surface area contributed by atoms with Crippen LogP contribution in [0.2, 0.25) is 0 Å². The normalized spacial score (nSPS) is 16.0. The molecule has 0 saturated carbocycles. The lowest BCUT2D eigenvalue weighted by molar-refractivity contribution is -0.125. The van der Waals surface area contributed by atoms with Gasteiger partial charge in [0.15, 0.2) is 0 Å². The van der Waals surface area contributed by atoms with Gasteiger partial charge in [-0.05, 0) is 48.9 Å². The molecule has 2 N–H and O–H groups in total. The molecule has 5 rings (SSSR count). The fourth-order valence-electron chi connectivity index (χ4n) is 4.38. The second-order valence-electron chi connectivity index (χ2n) is 8.26. The van der Waals surface area contributed by atoms with Crippen molar-refractivity contribution in [1.82, 2.24) is 19.6 Å². The summed E-state index contributed by atoms with van der Waals surface area (Å²) in [7, 11) is 0. The van der Waals surface area contributed by atoms with Gasteiger partial charge in [-0.2, -0.15) is 0 Å². The molecule has 1 aliphatic heterocycles. The predicted molar refractivity (Wildman–Crippen MR) is 121 cm³/mol. The lowest BCUT2D eigenvalue weighted by atomic mass is 10.0. The van der Waals surface area contributed by atoms with Crippen LogP contribution in [-0.4, -0.2) is 43.8 Å². The lowest BCUT2D eigenvalue weighted by Crippen LogP contribution is -2.45. The zero-order valence-corrected chi connectivity index (χ0v) is 17.8. The number of imidazole rings is 1. The van der Waals surface area contributed by atoms with E-state index in [0.29, 0.717) is 24.9 Å². The summed E-state index contributed by atoms with van der Waals surface area (Å²) >= 11 is 0. The maximum Gasteiger partial charge on any atom is 0.258 e. The van der Waals surface area contributed by atoms with E-state index < -0.39 is 6.04 Å². The summed E-state index contributed by atoms with van der Waals surface area (Å²) < 4.78 is 1.92. The summed E-state index contributed by atoms with van der Waals surface area (Å²) in [4.78, 5) is 32.3. The minimum atomic E-state index is -0.562. The van der Waals surface area contributed by atoms with E-state index in [9.17, 15) is 14.7 Å². The van der Waals surface area contributed by atoms with Crippen molar-refractivity contribution in [3.8, 4) is 5.75 Å². The Morgan fingerprint density at radius 3 is 2.91 bits per heavy atom. The van der Waals surface area contributed by atoms with Gasteiger partial charge >= 0.3 is 0 Å². The van der Waals surface area contributed by atoms with Crippen LogP contribution >= 0.6 is 0 Å². The molecular weight excluding hydrogens is 404 g/mol. The van der Waals surface area contributed by atoms with Gasteiger partial charge in [0, 0.05) is 24.3 Å². The Kier molecular flexibility index (Phi) is 5.01. The van der Waals surface area contributed by atoms with Gasteiger partial charge in [0.2, 0.25) is 5.91 Å². The summed E-state index contributed by atoms with van der Waals surface area (Å²) in [5.41, 5.74) is 2.93. The molecule has 0 spiro atoms. The van der Waals surface area contributed by atoms with Crippen molar-refractivity contribution in [2.45, 2.75) is 32.4 Å². The Hall–Kier alpha value is -3.87. The number of likely N-dealkylation sites (tertiary alicyclic amines) is 1. The third kappa shape index (κ3) is 3.56. The number of nitrogens with one attached hydrogen (secondary N) is 1. The van der Waals surface area contributed by atoms with Gasteiger partial charge in [0.25, 0.3) is 5.91 Å². The molecule has 0 bridgehead atoms. The summed E-state index contributed by atoms with van der Waals surface area (Å²) in [5.74, 6) is -0.572. The van der Waals surface area contributed by atoms with Gasteiger partial charge in [-0.3, -0.25) is 9.59 Å². The molecule has 2 amide bonds. The number of aromatic nitrogens is 2. The van der Waals surface area contributed by atoms with E-state index in [1.807, 2.05) is 60.1 Å². The first kappa shape index (κ1) is 20.1. The third-order valence-corrected chi connectivity index (χ3v) is 6.06. The van der Waals surface area contributed by atoms with Crippen LogP contribution in [0.5, 0.6) is 5.75 Å². The van der Waals surface area contributed by atoms with Gasteiger partial charge in [-0.25, -0.2) is 4.98 Å². The van der Waals surface area contributed by atoms with Crippen molar-refractivity contribution in [2.24, 2.45) is 0 Å². The summed E-state index contributed by atoms with van der Waals surface area (Å²) in [6, 6.07) is 14.2. The van der Waals surface area contributed by atoms with E-state index in [1.54, 1.807) is 17.0 Å². The number of hydrogen-bond donors (Lipinski definition) is 2. The van der Waals surface area contributed by atoms with Crippen LogP contribution in [0.15, 0.2) is 60.9 Å². The predicted octanol–water partition coefficient (Wildman–Crippen LogP) is 3.42. The number of rotatable bonds is 4.